The van der Waals surface area contributed by atoms with Crippen LogP contribution in [0.2, 0.25) is 0 Å². The fraction of sp³-hybridized carbons (Fsp3) is 0.571. The van der Waals surface area contributed by atoms with Crippen LogP contribution in [0.1, 0.15) is 33.1 Å². The number of rotatable bonds is 3. The first-order chi connectivity index (χ1) is 8.84. The minimum Gasteiger partial charge on any atom is -0.397 e. The van der Waals surface area contributed by atoms with Gasteiger partial charge in [-0.3, -0.25) is 0 Å². The summed E-state index contributed by atoms with van der Waals surface area (Å²) in [5.74, 6) is 0. The van der Waals surface area contributed by atoms with Gasteiger partial charge in [-0.2, -0.15) is 0 Å². The molecule has 4 nitrogen and oxygen atoms in total. The smallest absolute Gasteiger partial charge is 0.175 e. The number of anilines is 2. The zero-order chi connectivity index (χ0) is 14.2. The maximum absolute atomic E-state index is 11.5. The van der Waals surface area contributed by atoms with Crippen LogP contribution >= 0.6 is 0 Å². The summed E-state index contributed by atoms with van der Waals surface area (Å²) < 4.78 is 23.1. The van der Waals surface area contributed by atoms with Crippen LogP contribution in [0, 0.1) is 0 Å². The summed E-state index contributed by atoms with van der Waals surface area (Å²) in [6, 6.07) is 6.02. The van der Waals surface area contributed by atoms with Gasteiger partial charge in [0, 0.05) is 18.3 Å². The second-order valence-corrected chi connectivity index (χ2v) is 7.40. The molecule has 1 aliphatic heterocycles. The molecular weight excluding hydrogens is 260 g/mol. The van der Waals surface area contributed by atoms with Crippen molar-refractivity contribution >= 4 is 21.2 Å². The van der Waals surface area contributed by atoms with Crippen LogP contribution in [0.5, 0.6) is 0 Å². The van der Waals surface area contributed by atoms with Crippen molar-refractivity contribution in [1.82, 2.24) is 0 Å². The number of nitrogens with zero attached hydrogens (tertiary/aromatic N) is 1. The number of hydrogen-bond acceptors (Lipinski definition) is 4. The molecule has 1 saturated heterocycles. The SMILES string of the molecule is CCC1CCC(C)N1c1ccc(S(C)(=O)=O)cc1N. The Balaban J connectivity index is 2.41. The summed E-state index contributed by atoms with van der Waals surface area (Å²) in [6.45, 7) is 4.37. The van der Waals surface area contributed by atoms with E-state index in [9.17, 15) is 8.42 Å². The molecule has 106 valence electrons. The standard InChI is InChI=1S/C14H22N2O2S/c1-4-11-6-5-10(2)16(11)14-8-7-12(9-13(14)15)19(3,17)18/h7-11H,4-6,15H2,1-3H3. The summed E-state index contributed by atoms with van der Waals surface area (Å²) >= 11 is 0. The molecule has 2 N–H and O–H groups in total. The van der Waals surface area contributed by atoms with Crippen LogP contribution in [0.3, 0.4) is 0 Å². The summed E-state index contributed by atoms with van der Waals surface area (Å²) in [4.78, 5) is 2.62. The molecule has 0 aliphatic carbocycles. The van der Waals surface area contributed by atoms with Crippen molar-refractivity contribution in [2.24, 2.45) is 0 Å². The Labute approximate surface area is 115 Å². The topological polar surface area (TPSA) is 63.4 Å². The predicted molar refractivity (Wildman–Crippen MR) is 79.2 cm³/mol. The van der Waals surface area contributed by atoms with Gasteiger partial charge in [0.05, 0.1) is 16.3 Å². The third-order valence-electron chi connectivity index (χ3n) is 3.96. The van der Waals surface area contributed by atoms with E-state index in [1.165, 1.54) is 12.7 Å². The van der Waals surface area contributed by atoms with Gasteiger partial charge in [0.2, 0.25) is 0 Å². The molecule has 1 fully saturated rings. The Hall–Kier alpha value is -1.23. The Morgan fingerprint density at radius 2 is 2.05 bits per heavy atom. The minimum atomic E-state index is -3.20. The normalized spacial score (nSPS) is 23.8. The van der Waals surface area contributed by atoms with Crippen LogP contribution in [-0.4, -0.2) is 26.8 Å². The molecule has 2 unspecified atom stereocenters. The molecule has 2 rings (SSSR count). The lowest BCUT2D eigenvalue weighted by Crippen LogP contribution is -2.34. The second kappa shape index (κ2) is 5.04. The number of nitrogen functional groups attached to an aromatic ring is 1. The summed E-state index contributed by atoms with van der Waals surface area (Å²) in [6.07, 6.45) is 4.61. The van der Waals surface area contributed by atoms with E-state index in [-0.39, 0.29) is 4.90 Å². The molecule has 19 heavy (non-hydrogen) atoms. The zero-order valence-corrected chi connectivity index (χ0v) is 12.6. The number of nitrogens with two attached hydrogens (primary N) is 1. The van der Waals surface area contributed by atoms with Gasteiger partial charge >= 0.3 is 0 Å². The fourth-order valence-corrected chi connectivity index (χ4v) is 3.56. The van der Waals surface area contributed by atoms with Crippen molar-refractivity contribution in [2.75, 3.05) is 16.9 Å². The molecular formula is C14H22N2O2S. The lowest BCUT2D eigenvalue weighted by Gasteiger charge is -2.31. The number of sulfone groups is 1. The average molecular weight is 282 g/mol. The summed E-state index contributed by atoms with van der Waals surface area (Å²) in [5.41, 5.74) is 7.58. The van der Waals surface area contributed by atoms with E-state index >= 15 is 0 Å². The second-order valence-electron chi connectivity index (χ2n) is 5.39. The minimum absolute atomic E-state index is 0.286. The van der Waals surface area contributed by atoms with Crippen LogP contribution in [0.25, 0.3) is 0 Å². The molecule has 1 aliphatic rings. The van der Waals surface area contributed by atoms with Crippen LogP contribution < -0.4 is 10.6 Å². The fourth-order valence-electron chi connectivity index (χ4n) is 2.90. The summed E-state index contributed by atoms with van der Waals surface area (Å²) in [5, 5.41) is 0. The zero-order valence-electron chi connectivity index (χ0n) is 11.8. The molecule has 0 saturated carbocycles. The molecule has 0 amide bonds. The highest BCUT2D eigenvalue weighted by Crippen LogP contribution is 2.36. The first-order valence-electron chi connectivity index (χ1n) is 6.72. The summed E-state index contributed by atoms with van der Waals surface area (Å²) in [7, 11) is -3.20. The molecule has 1 heterocycles. The van der Waals surface area contributed by atoms with E-state index in [0.717, 1.165) is 18.5 Å². The van der Waals surface area contributed by atoms with Crippen molar-refractivity contribution in [3.05, 3.63) is 18.2 Å². The van der Waals surface area contributed by atoms with Crippen molar-refractivity contribution < 1.29 is 8.42 Å². The third kappa shape index (κ3) is 2.71. The molecule has 0 aromatic heterocycles. The largest absolute Gasteiger partial charge is 0.397 e. The lowest BCUT2D eigenvalue weighted by molar-refractivity contribution is 0.601. The Morgan fingerprint density at radius 1 is 1.37 bits per heavy atom. The van der Waals surface area contributed by atoms with Crippen molar-refractivity contribution in [3.63, 3.8) is 0 Å². The molecule has 0 bridgehead atoms. The molecule has 5 heteroatoms. The average Bonchev–Trinajstić information content (AvgIpc) is 2.69. The third-order valence-corrected chi connectivity index (χ3v) is 5.07. The highest BCUT2D eigenvalue weighted by Gasteiger charge is 2.30. The first-order valence-corrected chi connectivity index (χ1v) is 8.61. The quantitative estimate of drug-likeness (QED) is 0.865. The maximum Gasteiger partial charge on any atom is 0.175 e. The molecule has 1 aromatic carbocycles. The molecule has 1 aromatic rings. The van der Waals surface area contributed by atoms with E-state index in [0.29, 0.717) is 17.8 Å². The van der Waals surface area contributed by atoms with Gasteiger partial charge in [-0.05, 0) is 44.4 Å². The van der Waals surface area contributed by atoms with Crippen molar-refractivity contribution in [3.8, 4) is 0 Å². The number of hydrogen-bond donors (Lipinski definition) is 1. The van der Waals surface area contributed by atoms with E-state index in [4.69, 9.17) is 5.73 Å². The van der Waals surface area contributed by atoms with Crippen molar-refractivity contribution in [2.45, 2.75) is 50.1 Å². The van der Waals surface area contributed by atoms with Crippen LogP contribution in [0.4, 0.5) is 11.4 Å². The Kier molecular flexibility index (Phi) is 3.76. The van der Waals surface area contributed by atoms with Crippen LogP contribution in [-0.2, 0) is 9.84 Å². The molecule has 2 atom stereocenters. The van der Waals surface area contributed by atoms with Crippen LogP contribution in [0.15, 0.2) is 23.1 Å². The molecule has 0 spiro atoms. The Bertz CT molecular complexity index is 569. The van der Waals surface area contributed by atoms with Gasteiger partial charge in [-0.1, -0.05) is 6.92 Å². The van der Waals surface area contributed by atoms with E-state index < -0.39 is 9.84 Å². The van der Waals surface area contributed by atoms with Gasteiger partial charge in [-0.25, -0.2) is 8.42 Å². The first kappa shape index (κ1) is 14.2. The monoisotopic (exact) mass is 282 g/mol. The van der Waals surface area contributed by atoms with E-state index in [1.54, 1.807) is 12.1 Å². The van der Waals surface area contributed by atoms with Gasteiger partial charge in [0.15, 0.2) is 9.84 Å². The van der Waals surface area contributed by atoms with Crippen molar-refractivity contribution in [1.29, 1.82) is 0 Å². The highest BCUT2D eigenvalue weighted by molar-refractivity contribution is 7.90. The Morgan fingerprint density at radius 3 is 2.58 bits per heavy atom. The predicted octanol–water partition coefficient (Wildman–Crippen LogP) is 2.44. The number of benzene rings is 1. The van der Waals surface area contributed by atoms with E-state index in [1.807, 2.05) is 6.07 Å². The van der Waals surface area contributed by atoms with Gasteiger partial charge in [0.1, 0.15) is 0 Å². The molecule has 0 radical (unpaired) electrons. The van der Waals surface area contributed by atoms with Gasteiger partial charge in [-0.15, -0.1) is 0 Å². The van der Waals surface area contributed by atoms with Gasteiger partial charge < -0.3 is 10.6 Å². The van der Waals surface area contributed by atoms with Gasteiger partial charge in [0.25, 0.3) is 0 Å². The maximum atomic E-state index is 11.5. The highest BCUT2D eigenvalue weighted by atomic mass is 32.2. The lowest BCUT2D eigenvalue weighted by atomic mass is 10.1. The van der Waals surface area contributed by atoms with E-state index in [2.05, 4.69) is 18.7 Å².